The number of nitrogens with zero attached hydrogens (tertiary/aromatic N) is 2. The molecule has 0 aliphatic carbocycles. The third-order valence-electron chi connectivity index (χ3n) is 4.51. The van der Waals surface area contributed by atoms with Crippen LogP contribution in [0.3, 0.4) is 0 Å². The second-order valence-electron chi connectivity index (χ2n) is 6.39. The van der Waals surface area contributed by atoms with E-state index in [1.807, 2.05) is 13.8 Å². The molecule has 2 rings (SSSR count). The number of hydrogen-bond acceptors (Lipinski definition) is 2. The summed E-state index contributed by atoms with van der Waals surface area (Å²) < 4.78 is 1.53. The average molecular weight is 347 g/mol. The molecule has 1 aromatic heterocycles. The standard InChI is InChI=1S/C20H27ClN2O/c1-4-5-6-7-8-9-10-19-15(2)22-23(16(19)3)20(24)17-11-13-18(21)14-12-17/h11-14H,4-10H2,1-3H3. The van der Waals surface area contributed by atoms with Crippen molar-refractivity contribution in [3.63, 3.8) is 0 Å². The van der Waals surface area contributed by atoms with Gasteiger partial charge in [0, 0.05) is 16.3 Å². The Kier molecular flexibility index (Phi) is 7.04. The number of aryl methyl sites for hydroxylation is 1. The third-order valence-corrected chi connectivity index (χ3v) is 4.76. The highest BCUT2D eigenvalue weighted by Crippen LogP contribution is 2.19. The van der Waals surface area contributed by atoms with Crippen molar-refractivity contribution in [1.29, 1.82) is 0 Å². The molecule has 0 spiro atoms. The quantitative estimate of drug-likeness (QED) is 0.571. The van der Waals surface area contributed by atoms with Crippen LogP contribution in [0.1, 0.15) is 72.8 Å². The lowest BCUT2D eigenvalue weighted by Crippen LogP contribution is -2.15. The van der Waals surface area contributed by atoms with Crippen molar-refractivity contribution in [2.75, 3.05) is 0 Å². The molecular weight excluding hydrogens is 320 g/mol. The summed E-state index contributed by atoms with van der Waals surface area (Å²) in [6, 6.07) is 6.96. The lowest BCUT2D eigenvalue weighted by atomic mass is 10.0. The normalized spacial score (nSPS) is 11.0. The molecule has 130 valence electrons. The van der Waals surface area contributed by atoms with Gasteiger partial charge in [0.2, 0.25) is 0 Å². The molecule has 0 bridgehead atoms. The van der Waals surface area contributed by atoms with Crippen LogP contribution in [0.25, 0.3) is 0 Å². The summed E-state index contributed by atoms with van der Waals surface area (Å²) in [5, 5.41) is 5.10. The number of carbonyl (C=O) groups is 1. The van der Waals surface area contributed by atoms with Crippen molar-refractivity contribution in [2.45, 2.75) is 65.7 Å². The Balaban J connectivity index is 2.02. The zero-order valence-corrected chi connectivity index (χ0v) is 15.7. The fraction of sp³-hybridized carbons (Fsp3) is 0.500. The summed E-state index contributed by atoms with van der Waals surface area (Å²) in [4.78, 5) is 12.6. The van der Waals surface area contributed by atoms with Crippen LogP contribution in [0.4, 0.5) is 0 Å². The predicted octanol–water partition coefficient (Wildman–Crippen LogP) is 5.74. The van der Waals surface area contributed by atoms with E-state index in [1.165, 1.54) is 42.3 Å². The first-order chi connectivity index (χ1) is 11.5. The van der Waals surface area contributed by atoms with Gasteiger partial charge in [-0.2, -0.15) is 5.10 Å². The van der Waals surface area contributed by atoms with Gasteiger partial charge in [-0.05, 0) is 56.5 Å². The smallest absolute Gasteiger partial charge is 0.267 e. The number of carbonyl (C=O) groups excluding carboxylic acids is 1. The fourth-order valence-electron chi connectivity index (χ4n) is 3.03. The molecule has 0 aliphatic rings. The summed E-state index contributed by atoms with van der Waals surface area (Å²) in [7, 11) is 0. The highest BCUT2D eigenvalue weighted by Gasteiger charge is 2.17. The maximum Gasteiger partial charge on any atom is 0.278 e. The van der Waals surface area contributed by atoms with Gasteiger partial charge in [0.1, 0.15) is 0 Å². The minimum absolute atomic E-state index is 0.0959. The third kappa shape index (κ3) is 4.70. The number of halogens is 1. The summed E-state index contributed by atoms with van der Waals surface area (Å²) in [6.07, 6.45) is 8.62. The average Bonchev–Trinajstić information content (AvgIpc) is 2.86. The Bertz CT molecular complexity index is 674. The van der Waals surface area contributed by atoms with Gasteiger partial charge in [-0.15, -0.1) is 0 Å². The monoisotopic (exact) mass is 346 g/mol. The zero-order valence-electron chi connectivity index (χ0n) is 14.9. The molecule has 24 heavy (non-hydrogen) atoms. The Hall–Kier alpha value is -1.61. The van der Waals surface area contributed by atoms with Crippen molar-refractivity contribution in [2.24, 2.45) is 0 Å². The summed E-state index contributed by atoms with van der Waals surface area (Å²) in [6.45, 7) is 6.21. The van der Waals surface area contributed by atoms with E-state index >= 15 is 0 Å². The Morgan fingerprint density at radius 2 is 1.67 bits per heavy atom. The second kappa shape index (κ2) is 9.03. The first kappa shape index (κ1) is 18.7. The SMILES string of the molecule is CCCCCCCCc1c(C)nn(C(=O)c2ccc(Cl)cc2)c1C. The van der Waals surface area contributed by atoms with Crippen molar-refractivity contribution in [3.8, 4) is 0 Å². The molecule has 0 unspecified atom stereocenters. The first-order valence-corrected chi connectivity index (χ1v) is 9.27. The van der Waals surface area contributed by atoms with Gasteiger partial charge < -0.3 is 0 Å². The molecule has 0 radical (unpaired) electrons. The van der Waals surface area contributed by atoms with E-state index < -0.39 is 0 Å². The molecule has 1 heterocycles. The number of hydrogen-bond donors (Lipinski definition) is 0. The van der Waals surface area contributed by atoms with Crippen LogP contribution in [-0.4, -0.2) is 15.7 Å². The van der Waals surface area contributed by atoms with Crippen LogP contribution in [0.5, 0.6) is 0 Å². The molecule has 0 N–H and O–H groups in total. The molecule has 2 aromatic rings. The lowest BCUT2D eigenvalue weighted by Gasteiger charge is -2.05. The van der Waals surface area contributed by atoms with E-state index in [2.05, 4.69) is 12.0 Å². The van der Waals surface area contributed by atoms with Crippen LogP contribution in [0.15, 0.2) is 24.3 Å². The van der Waals surface area contributed by atoms with Crippen LogP contribution in [0, 0.1) is 13.8 Å². The molecule has 1 aromatic carbocycles. The van der Waals surface area contributed by atoms with Crippen molar-refractivity contribution < 1.29 is 4.79 Å². The van der Waals surface area contributed by atoms with Gasteiger partial charge in [0.05, 0.1) is 5.69 Å². The van der Waals surface area contributed by atoms with Gasteiger partial charge in [0.15, 0.2) is 0 Å². The van der Waals surface area contributed by atoms with E-state index in [-0.39, 0.29) is 5.91 Å². The van der Waals surface area contributed by atoms with Gasteiger partial charge in [0.25, 0.3) is 5.91 Å². The highest BCUT2D eigenvalue weighted by atomic mass is 35.5. The van der Waals surface area contributed by atoms with Crippen LogP contribution in [0.2, 0.25) is 5.02 Å². The number of rotatable bonds is 8. The van der Waals surface area contributed by atoms with Gasteiger partial charge in [-0.1, -0.05) is 50.6 Å². The van der Waals surface area contributed by atoms with E-state index in [9.17, 15) is 4.79 Å². The van der Waals surface area contributed by atoms with Crippen molar-refractivity contribution in [3.05, 3.63) is 51.8 Å². The van der Waals surface area contributed by atoms with Crippen LogP contribution >= 0.6 is 11.6 Å². The van der Waals surface area contributed by atoms with Gasteiger partial charge >= 0.3 is 0 Å². The first-order valence-electron chi connectivity index (χ1n) is 8.90. The van der Waals surface area contributed by atoms with Crippen molar-refractivity contribution >= 4 is 17.5 Å². The topological polar surface area (TPSA) is 34.9 Å². The number of aromatic nitrogens is 2. The Morgan fingerprint density at radius 3 is 2.33 bits per heavy atom. The number of benzene rings is 1. The predicted molar refractivity (Wildman–Crippen MR) is 100.0 cm³/mol. The van der Waals surface area contributed by atoms with E-state index in [1.54, 1.807) is 24.3 Å². The molecule has 3 nitrogen and oxygen atoms in total. The van der Waals surface area contributed by atoms with Gasteiger partial charge in [-0.25, -0.2) is 4.68 Å². The van der Waals surface area contributed by atoms with Crippen molar-refractivity contribution in [1.82, 2.24) is 9.78 Å². The molecule has 0 aliphatic heterocycles. The molecular formula is C20H27ClN2O. The van der Waals surface area contributed by atoms with Gasteiger partial charge in [-0.3, -0.25) is 4.79 Å². The minimum Gasteiger partial charge on any atom is -0.267 e. The van der Waals surface area contributed by atoms with Crippen LogP contribution < -0.4 is 0 Å². The molecule has 0 saturated carbocycles. The second-order valence-corrected chi connectivity index (χ2v) is 6.83. The summed E-state index contributed by atoms with van der Waals surface area (Å²) in [5.74, 6) is -0.0959. The fourth-order valence-corrected chi connectivity index (χ4v) is 3.16. The molecule has 0 amide bonds. The van der Waals surface area contributed by atoms with Crippen LogP contribution in [-0.2, 0) is 6.42 Å². The molecule has 0 atom stereocenters. The van der Waals surface area contributed by atoms with E-state index in [0.717, 1.165) is 24.2 Å². The largest absolute Gasteiger partial charge is 0.278 e. The van der Waals surface area contributed by atoms with E-state index in [4.69, 9.17) is 11.6 Å². The Labute approximate surface area is 150 Å². The molecule has 4 heteroatoms. The maximum atomic E-state index is 12.6. The minimum atomic E-state index is -0.0959. The molecule has 0 fully saturated rings. The molecule has 0 saturated heterocycles. The summed E-state index contributed by atoms with van der Waals surface area (Å²) >= 11 is 5.89. The summed E-state index contributed by atoms with van der Waals surface area (Å²) in [5.41, 5.74) is 3.74. The number of unbranched alkanes of at least 4 members (excludes halogenated alkanes) is 5. The zero-order chi connectivity index (χ0) is 17.5. The Morgan fingerprint density at radius 1 is 1.04 bits per heavy atom. The lowest BCUT2D eigenvalue weighted by molar-refractivity contribution is 0.0942. The highest BCUT2D eigenvalue weighted by molar-refractivity contribution is 6.30. The van der Waals surface area contributed by atoms with E-state index in [0.29, 0.717) is 10.6 Å². The maximum absolute atomic E-state index is 12.6.